The molecule has 2 N–H and O–H groups in total. The van der Waals surface area contributed by atoms with E-state index in [1.807, 2.05) is 37.3 Å². The Labute approximate surface area is 208 Å². The standard InChI is InChI=1S/C30H35NO4/c1-4-23(9-8-21(2)34-19-18-31-16-6-5-7-17-31)30-29(24-10-12-25(32)13-11-24)22(3)27-15-14-26(33)20-28(27)35-30/h4,8-15,20,30,32-33H,1,5-7,16-19H2,2-3H3/b21-8+,23-9+/t30-/m0/s1. The van der Waals surface area contributed by atoms with Gasteiger partial charge in [0.1, 0.15) is 30.0 Å². The number of hydrogen-bond donors (Lipinski definition) is 2. The molecule has 0 saturated carbocycles. The van der Waals surface area contributed by atoms with Crippen molar-refractivity contribution in [1.82, 2.24) is 4.90 Å². The monoisotopic (exact) mass is 473 g/mol. The van der Waals surface area contributed by atoms with Crippen molar-refractivity contribution >= 4 is 11.1 Å². The Morgan fingerprint density at radius 1 is 1.06 bits per heavy atom. The van der Waals surface area contributed by atoms with Crippen LogP contribution in [0.4, 0.5) is 0 Å². The number of phenols is 2. The van der Waals surface area contributed by atoms with E-state index in [9.17, 15) is 10.2 Å². The molecular formula is C30H35NO4. The lowest BCUT2D eigenvalue weighted by atomic mass is 9.85. The zero-order chi connectivity index (χ0) is 24.8. The molecule has 1 atom stereocenters. The summed E-state index contributed by atoms with van der Waals surface area (Å²) < 4.78 is 12.4. The summed E-state index contributed by atoms with van der Waals surface area (Å²) in [5.74, 6) is 1.83. The van der Waals surface area contributed by atoms with Crippen LogP contribution in [0.2, 0.25) is 0 Å². The summed E-state index contributed by atoms with van der Waals surface area (Å²) in [6.07, 6.45) is 9.19. The fraction of sp³-hybridized carbons (Fsp3) is 0.333. The maximum absolute atomic E-state index is 10.0. The Kier molecular flexibility index (Phi) is 7.98. The van der Waals surface area contributed by atoms with Crippen LogP contribution in [0, 0.1) is 0 Å². The Balaban J connectivity index is 1.59. The SMILES string of the molecule is C=C/C(=C\C=C(/C)OCCN1CCCCC1)[C@@H]1Oc2cc(O)ccc2C(C)=C1c1ccc(O)cc1. The van der Waals surface area contributed by atoms with Gasteiger partial charge in [0, 0.05) is 23.7 Å². The van der Waals surface area contributed by atoms with Crippen molar-refractivity contribution in [1.29, 1.82) is 0 Å². The summed E-state index contributed by atoms with van der Waals surface area (Å²) in [7, 11) is 0. The van der Waals surface area contributed by atoms with E-state index >= 15 is 0 Å². The number of benzene rings is 2. The molecule has 5 nitrogen and oxygen atoms in total. The maximum atomic E-state index is 10.0. The quantitative estimate of drug-likeness (QED) is 0.348. The number of fused-ring (bicyclic) bond motifs is 1. The number of piperidine rings is 1. The molecule has 2 aromatic carbocycles. The third kappa shape index (κ3) is 5.98. The highest BCUT2D eigenvalue weighted by Gasteiger charge is 2.29. The van der Waals surface area contributed by atoms with Gasteiger partial charge in [-0.1, -0.05) is 37.3 Å². The predicted molar refractivity (Wildman–Crippen MR) is 141 cm³/mol. The smallest absolute Gasteiger partial charge is 0.150 e. The second-order valence-electron chi connectivity index (χ2n) is 9.16. The van der Waals surface area contributed by atoms with Gasteiger partial charge in [-0.3, -0.25) is 4.90 Å². The topological polar surface area (TPSA) is 62.2 Å². The van der Waals surface area contributed by atoms with Gasteiger partial charge >= 0.3 is 0 Å². The van der Waals surface area contributed by atoms with Gasteiger partial charge in [-0.05, 0) is 86.8 Å². The molecule has 2 aliphatic rings. The third-order valence-electron chi connectivity index (χ3n) is 6.69. The fourth-order valence-electron chi connectivity index (χ4n) is 4.73. The predicted octanol–water partition coefficient (Wildman–Crippen LogP) is 6.31. The minimum atomic E-state index is -0.427. The second kappa shape index (κ2) is 11.3. The van der Waals surface area contributed by atoms with Crippen molar-refractivity contribution in [3.63, 3.8) is 0 Å². The number of rotatable bonds is 8. The van der Waals surface area contributed by atoms with E-state index in [-0.39, 0.29) is 11.5 Å². The highest BCUT2D eigenvalue weighted by atomic mass is 16.5. The largest absolute Gasteiger partial charge is 0.508 e. The van der Waals surface area contributed by atoms with Crippen LogP contribution < -0.4 is 4.74 Å². The first-order valence-electron chi connectivity index (χ1n) is 12.3. The Morgan fingerprint density at radius 3 is 2.49 bits per heavy atom. The molecule has 0 radical (unpaired) electrons. The first-order valence-corrected chi connectivity index (χ1v) is 12.3. The molecule has 35 heavy (non-hydrogen) atoms. The van der Waals surface area contributed by atoms with E-state index < -0.39 is 6.10 Å². The van der Waals surface area contributed by atoms with Gasteiger partial charge in [-0.2, -0.15) is 0 Å². The van der Waals surface area contributed by atoms with Crippen LogP contribution in [0.3, 0.4) is 0 Å². The summed E-state index contributed by atoms with van der Waals surface area (Å²) in [4.78, 5) is 2.46. The highest BCUT2D eigenvalue weighted by Crippen LogP contribution is 2.43. The van der Waals surface area contributed by atoms with Crippen molar-refractivity contribution in [3.8, 4) is 17.2 Å². The zero-order valence-corrected chi connectivity index (χ0v) is 20.7. The number of hydrogen-bond acceptors (Lipinski definition) is 5. The first kappa shape index (κ1) is 24.7. The third-order valence-corrected chi connectivity index (χ3v) is 6.69. The summed E-state index contributed by atoms with van der Waals surface area (Å²) in [6.45, 7) is 12.0. The molecule has 0 aliphatic carbocycles. The van der Waals surface area contributed by atoms with E-state index in [0.29, 0.717) is 12.4 Å². The van der Waals surface area contributed by atoms with Crippen LogP contribution in [-0.2, 0) is 4.74 Å². The van der Waals surface area contributed by atoms with Crippen LogP contribution >= 0.6 is 0 Å². The second-order valence-corrected chi connectivity index (χ2v) is 9.16. The average molecular weight is 474 g/mol. The Bertz CT molecular complexity index is 1140. The summed E-state index contributed by atoms with van der Waals surface area (Å²) in [5, 5.41) is 19.8. The van der Waals surface area contributed by atoms with E-state index in [1.54, 1.807) is 30.3 Å². The maximum Gasteiger partial charge on any atom is 0.150 e. The molecule has 184 valence electrons. The van der Waals surface area contributed by atoms with Crippen molar-refractivity contribution in [3.05, 3.63) is 89.7 Å². The van der Waals surface area contributed by atoms with Gasteiger partial charge in [0.05, 0.1) is 5.76 Å². The number of allylic oxidation sites excluding steroid dienone is 4. The van der Waals surface area contributed by atoms with E-state index in [4.69, 9.17) is 9.47 Å². The van der Waals surface area contributed by atoms with Crippen molar-refractivity contribution in [2.24, 2.45) is 0 Å². The van der Waals surface area contributed by atoms with Gasteiger partial charge in [0.15, 0.2) is 0 Å². The first-order chi connectivity index (χ1) is 17.0. The number of likely N-dealkylation sites (tertiary alicyclic amines) is 1. The van der Waals surface area contributed by atoms with Crippen molar-refractivity contribution in [2.45, 2.75) is 39.2 Å². The van der Waals surface area contributed by atoms with Crippen LogP contribution in [0.15, 0.2) is 78.6 Å². The molecule has 2 aliphatic heterocycles. The molecule has 0 spiro atoms. The molecule has 1 saturated heterocycles. The number of phenolic OH excluding ortho intramolecular Hbond substituents is 2. The van der Waals surface area contributed by atoms with Gasteiger partial charge in [-0.25, -0.2) is 0 Å². The summed E-state index contributed by atoms with van der Waals surface area (Å²) in [6, 6.07) is 12.3. The van der Waals surface area contributed by atoms with Gasteiger partial charge in [0.2, 0.25) is 0 Å². The average Bonchev–Trinajstić information content (AvgIpc) is 2.86. The van der Waals surface area contributed by atoms with Crippen LogP contribution in [0.25, 0.3) is 11.1 Å². The van der Waals surface area contributed by atoms with E-state index in [2.05, 4.69) is 18.4 Å². The van der Waals surface area contributed by atoms with Gasteiger partial charge in [-0.15, -0.1) is 0 Å². The molecule has 0 unspecified atom stereocenters. The molecule has 5 heteroatoms. The van der Waals surface area contributed by atoms with Gasteiger partial charge < -0.3 is 19.7 Å². The molecular weight excluding hydrogens is 438 g/mol. The van der Waals surface area contributed by atoms with Crippen molar-refractivity contribution in [2.75, 3.05) is 26.2 Å². The molecule has 0 amide bonds. The highest BCUT2D eigenvalue weighted by molar-refractivity contribution is 5.96. The number of ether oxygens (including phenoxy) is 2. The molecule has 4 rings (SSSR count). The molecule has 2 heterocycles. The normalized spacial score (nSPS) is 19.2. The fourth-order valence-corrected chi connectivity index (χ4v) is 4.73. The van der Waals surface area contributed by atoms with Crippen LogP contribution in [0.5, 0.6) is 17.2 Å². The summed E-state index contributed by atoms with van der Waals surface area (Å²) in [5.41, 5.74) is 4.80. The van der Waals surface area contributed by atoms with E-state index in [0.717, 1.165) is 53.2 Å². The lowest BCUT2D eigenvalue weighted by molar-refractivity contribution is 0.144. The Morgan fingerprint density at radius 2 is 1.77 bits per heavy atom. The van der Waals surface area contributed by atoms with E-state index in [1.165, 1.54) is 19.3 Å². The minimum Gasteiger partial charge on any atom is -0.508 e. The molecule has 0 bridgehead atoms. The minimum absolute atomic E-state index is 0.158. The Hall–Kier alpha value is -3.44. The lowest BCUT2D eigenvalue weighted by Gasteiger charge is -2.31. The van der Waals surface area contributed by atoms with Gasteiger partial charge in [0.25, 0.3) is 0 Å². The zero-order valence-electron chi connectivity index (χ0n) is 20.7. The van der Waals surface area contributed by atoms with Crippen molar-refractivity contribution < 1.29 is 19.7 Å². The van der Waals surface area contributed by atoms with Crippen LogP contribution in [-0.4, -0.2) is 47.5 Å². The number of aromatic hydroxyl groups is 2. The molecule has 1 fully saturated rings. The molecule has 2 aromatic rings. The number of nitrogens with zero attached hydrogens (tertiary/aromatic N) is 1. The summed E-state index contributed by atoms with van der Waals surface area (Å²) >= 11 is 0. The molecule has 0 aromatic heterocycles. The lowest BCUT2D eigenvalue weighted by Crippen LogP contribution is -2.32. The van der Waals surface area contributed by atoms with Crippen LogP contribution in [0.1, 0.15) is 44.2 Å².